The second kappa shape index (κ2) is 8.67. The first-order valence-electron chi connectivity index (χ1n) is 9.93. The van der Waals surface area contributed by atoms with E-state index in [9.17, 15) is 18.4 Å². The fraction of sp³-hybridized carbons (Fsp3) is 0.261. The minimum atomic E-state index is -0.644. The molecule has 0 spiro atoms. The number of aryl methyl sites for hydroxylation is 1. The van der Waals surface area contributed by atoms with E-state index in [1.807, 2.05) is 0 Å². The summed E-state index contributed by atoms with van der Waals surface area (Å²) in [5.74, 6) is -1.61. The third-order valence-electron chi connectivity index (χ3n) is 5.34. The highest BCUT2D eigenvalue weighted by Gasteiger charge is 2.23. The molecular formula is C23H21F2N3O3. The van der Waals surface area contributed by atoms with Crippen LogP contribution in [-0.4, -0.2) is 54.5 Å². The van der Waals surface area contributed by atoms with E-state index in [1.54, 1.807) is 36.1 Å². The van der Waals surface area contributed by atoms with Crippen LogP contribution in [0.15, 0.2) is 48.5 Å². The molecule has 6 nitrogen and oxygen atoms in total. The number of carbonyl (C=O) groups excluding carboxylic acids is 2. The van der Waals surface area contributed by atoms with E-state index in [-0.39, 0.29) is 23.9 Å². The molecule has 1 amide bonds. The number of aromatic nitrogens is 1. The van der Waals surface area contributed by atoms with Crippen molar-refractivity contribution in [3.05, 3.63) is 71.4 Å². The molecule has 1 aliphatic rings. The van der Waals surface area contributed by atoms with Crippen molar-refractivity contribution in [3.63, 3.8) is 0 Å². The van der Waals surface area contributed by atoms with E-state index in [2.05, 4.69) is 9.88 Å². The number of carbonyl (C=O) groups is 2. The molecule has 1 fully saturated rings. The topological polar surface area (TPSA) is 62.7 Å². The monoisotopic (exact) mass is 425 g/mol. The molecule has 31 heavy (non-hydrogen) atoms. The van der Waals surface area contributed by atoms with Crippen LogP contribution in [-0.2, 0) is 9.53 Å². The average molecular weight is 425 g/mol. The van der Waals surface area contributed by atoms with E-state index in [1.165, 1.54) is 24.3 Å². The number of amides is 1. The number of esters is 1. The fourth-order valence-corrected chi connectivity index (χ4v) is 3.61. The number of benzene rings is 2. The summed E-state index contributed by atoms with van der Waals surface area (Å²) in [4.78, 5) is 32.9. The van der Waals surface area contributed by atoms with Crippen LogP contribution < -0.4 is 4.90 Å². The van der Waals surface area contributed by atoms with Gasteiger partial charge in [-0.15, -0.1) is 0 Å². The van der Waals surface area contributed by atoms with Crippen molar-refractivity contribution in [2.45, 2.75) is 6.92 Å². The molecule has 1 aromatic heterocycles. The highest BCUT2D eigenvalue weighted by atomic mass is 19.1. The first kappa shape index (κ1) is 20.7. The molecule has 3 aromatic rings. The van der Waals surface area contributed by atoms with Gasteiger partial charge < -0.3 is 14.5 Å². The van der Waals surface area contributed by atoms with Gasteiger partial charge in [0, 0.05) is 43.3 Å². The first-order chi connectivity index (χ1) is 14.9. The van der Waals surface area contributed by atoms with E-state index in [0.717, 1.165) is 5.69 Å². The third kappa shape index (κ3) is 4.63. The number of piperazine rings is 1. The molecule has 0 unspecified atom stereocenters. The lowest BCUT2D eigenvalue weighted by atomic mass is 10.1. The number of halogens is 2. The molecular weight excluding hydrogens is 404 g/mol. The number of rotatable bonds is 4. The highest BCUT2D eigenvalue weighted by molar-refractivity contribution is 5.96. The summed E-state index contributed by atoms with van der Waals surface area (Å²) >= 11 is 0. The number of ether oxygens (including phenoxy) is 1. The Hall–Kier alpha value is -3.55. The predicted octanol–water partition coefficient (Wildman–Crippen LogP) is 3.33. The number of nitrogens with zero attached hydrogens (tertiary/aromatic N) is 3. The number of pyridine rings is 1. The van der Waals surface area contributed by atoms with E-state index in [4.69, 9.17) is 4.74 Å². The van der Waals surface area contributed by atoms with E-state index < -0.39 is 11.8 Å². The van der Waals surface area contributed by atoms with Crippen molar-refractivity contribution in [3.8, 4) is 0 Å². The minimum Gasteiger partial charge on any atom is -0.452 e. The van der Waals surface area contributed by atoms with Gasteiger partial charge in [0.1, 0.15) is 11.6 Å². The normalized spacial score (nSPS) is 14.0. The molecule has 0 N–H and O–H groups in total. The van der Waals surface area contributed by atoms with E-state index in [0.29, 0.717) is 42.8 Å². The lowest BCUT2D eigenvalue weighted by Gasteiger charge is -2.36. The summed E-state index contributed by atoms with van der Waals surface area (Å²) in [7, 11) is 0. The summed E-state index contributed by atoms with van der Waals surface area (Å²) in [6, 6.07) is 12.0. The van der Waals surface area contributed by atoms with Crippen LogP contribution in [0.3, 0.4) is 0 Å². The van der Waals surface area contributed by atoms with E-state index >= 15 is 0 Å². The van der Waals surface area contributed by atoms with Crippen molar-refractivity contribution < 1.29 is 23.1 Å². The zero-order valence-corrected chi connectivity index (χ0v) is 17.0. The van der Waals surface area contributed by atoms with Crippen molar-refractivity contribution in [2.24, 2.45) is 0 Å². The molecule has 8 heteroatoms. The second-order valence-corrected chi connectivity index (χ2v) is 7.38. The Bertz CT molecular complexity index is 1130. The first-order valence-corrected chi connectivity index (χ1v) is 9.93. The molecule has 1 saturated heterocycles. The van der Waals surface area contributed by atoms with Crippen LogP contribution in [0.25, 0.3) is 10.9 Å². The summed E-state index contributed by atoms with van der Waals surface area (Å²) in [5, 5.41) is 0.613. The average Bonchev–Trinajstić information content (AvgIpc) is 2.77. The van der Waals surface area contributed by atoms with Crippen molar-refractivity contribution in [1.29, 1.82) is 0 Å². The number of anilines is 1. The van der Waals surface area contributed by atoms with Gasteiger partial charge in [-0.25, -0.2) is 13.6 Å². The summed E-state index contributed by atoms with van der Waals surface area (Å²) in [6.45, 7) is 3.45. The van der Waals surface area contributed by atoms with Crippen molar-refractivity contribution in [1.82, 2.24) is 9.88 Å². The molecule has 0 saturated carbocycles. The van der Waals surface area contributed by atoms with Gasteiger partial charge in [-0.3, -0.25) is 9.78 Å². The standard InChI is InChI=1S/C23H21F2N3O3/c1-15-20(12-16-2-3-18(25)13-21(16)26-15)23(30)31-14-22(29)28-10-8-27(9-11-28)19-6-4-17(24)5-7-19/h2-7,12-13H,8-11,14H2,1H3. The van der Waals surface area contributed by atoms with Crippen LogP contribution in [0.2, 0.25) is 0 Å². The number of hydrogen-bond donors (Lipinski definition) is 0. The van der Waals surface area contributed by atoms with Gasteiger partial charge in [0.05, 0.1) is 16.8 Å². The summed E-state index contributed by atoms with van der Waals surface area (Å²) < 4.78 is 31.7. The van der Waals surface area contributed by atoms with Crippen LogP contribution in [0.5, 0.6) is 0 Å². The summed E-state index contributed by atoms with van der Waals surface area (Å²) in [6.07, 6.45) is 0. The Balaban J connectivity index is 1.33. The van der Waals surface area contributed by atoms with Crippen molar-refractivity contribution in [2.75, 3.05) is 37.7 Å². The number of fused-ring (bicyclic) bond motifs is 1. The van der Waals surface area contributed by atoms with Crippen LogP contribution in [0.4, 0.5) is 14.5 Å². The maximum absolute atomic E-state index is 13.4. The molecule has 4 rings (SSSR count). The maximum Gasteiger partial charge on any atom is 0.340 e. The Morgan fingerprint density at radius 2 is 1.65 bits per heavy atom. The quantitative estimate of drug-likeness (QED) is 0.600. The van der Waals surface area contributed by atoms with Crippen LogP contribution in [0.1, 0.15) is 16.1 Å². The van der Waals surface area contributed by atoms with Crippen LogP contribution >= 0.6 is 0 Å². The molecule has 2 heterocycles. The van der Waals surface area contributed by atoms with Gasteiger partial charge in [0.2, 0.25) is 0 Å². The van der Waals surface area contributed by atoms with Crippen LogP contribution in [0, 0.1) is 18.6 Å². The third-order valence-corrected chi connectivity index (χ3v) is 5.34. The smallest absolute Gasteiger partial charge is 0.340 e. The fourth-order valence-electron chi connectivity index (χ4n) is 3.61. The Morgan fingerprint density at radius 3 is 2.35 bits per heavy atom. The minimum absolute atomic E-state index is 0.244. The van der Waals surface area contributed by atoms with Crippen molar-refractivity contribution >= 4 is 28.5 Å². The van der Waals surface area contributed by atoms with Gasteiger partial charge in [0.15, 0.2) is 6.61 Å². The predicted molar refractivity (Wildman–Crippen MR) is 112 cm³/mol. The van der Waals surface area contributed by atoms with Gasteiger partial charge in [-0.1, -0.05) is 0 Å². The molecule has 160 valence electrons. The Morgan fingerprint density at radius 1 is 0.968 bits per heavy atom. The molecule has 0 bridgehead atoms. The molecule has 2 aromatic carbocycles. The molecule has 0 atom stereocenters. The Kier molecular flexibility index (Phi) is 5.79. The SMILES string of the molecule is Cc1nc2cc(F)ccc2cc1C(=O)OCC(=O)N1CCN(c2ccc(F)cc2)CC1. The zero-order chi connectivity index (χ0) is 22.0. The maximum atomic E-state index is 13.4. The molecule has 0 aliphatic carbocycles. The molecule has 0 radical (unpaired) electrons. The lowest BCUT2D eigenvalue weighted by Crippen LogP contribution is -2.49. The van der Waals surface area contributed by atoms with Gasteiger partial charge in [-0.2, -0.15) is 0 Å². The van der Waals surface area contributed by atoms with Gasteiger partial charge >= 0.3 is 5.97 Å². The van der Waals surface area contributed by atoms with Gasteiger partial charge in [-0.05, 0) is 49.4 Å². The second-order valence-electron chi connectivity index (χ2n) is 7.38. The molecule has 1 aliphatic heterocycles. The zero-order valence-electron chi connectivity index (χ0n) is 17.0. The lowest BCUT2D eigenvalue weighted by molar-refractivity contribution is -0.134. The Labute approximate surface area is 178 Å². The largest absolute Gasteiger partial charge is 0.452 e. The number of hydrogen-bond acceptors (Lipinski definition) is 5. The van der Waals surface area contributed by atoms with Gasteiger partial charge in [0.25, 0.3) is 5.91 Å². The summed E-state index contributed by atoms with van der Waals surface area (Å²) in [5.41, 5.74) is 2.00. The highest BCUT2D eigenvalue weighted by Crippen LogP contribution is 2.19.